The third-order valence-electron chi connectivity index (χ3n) is 2.67. The number of phenolic OH excluding ortho intramolecular Hbond substituents is 1. The first-order valence-electron chi connectivity index (χ1n) is 5.83. The number of hydrogen-bond acceptors (Lipinski definition) is 4. The molecule has 0 radical (unpaired) electrons. The number of aromatic hydroxyl groups is 1. The van der Waals surface area contributed by atoms with Gasteiger partial charge in [0.1, 0.15) is 12.4 Å². The lowest BCUT2D eigenvalue weighted by Gasteiger charge is -2.09. The van der Waals surface area contributed by atoms with Crippen LogP contribution < -0.4 is 10.1 Å². The van der Waals surface area contributed by atoms with Crippen LogP contribution in [0.15, 0.2) is 36.7 Å². The molecular formula is C13H17N3O2. The van der Waals surface area contributed by atoms with Gasteiger partial charge in [0.2, 0.25) is 0 Å². The Morgan fingerprint density at radius 2 is 2.11 bits per heavy atom. The molecule has 0 aliphatic heterocycles. The SMILES string of the molecule is CNC(C)COc1cnn(-c2ccc(O)cc2)c1. The third-order valence-corrected chi connectivity index (χ3v) is 2.67. The van der Waals surface area contributed by atoms with Crippen molar-refractivity contribution in [1.82, 2.24) is 15.1 Å². The van der Waals surface area contributed by atoms with E-state index in [2.05, 4.69) is 10.4 Å². The molecule has 0 spiro atoms. The Kier molecular flexibility index (Phi) is 3.84. The number of phenols is 1. The summed E-state index contributed by atoms with van der Waals surface area (Å²) in [6.45, 7) is 2.64. The van der Waals surface area contributed by atoms with Gasteiger partial charge >= 0.3 is 0 Å². The maximum Gasteiger partial charge on any atom is 0.157 e. The van der Waals surface area contributed by atoms with Crippen molar-refractivity contribution in [2.75, 3.05) is 13.7 Å². The molecule has 1 heterocycles. The molecule has 1 aromatic carbocycles. The Morgan fingerprint density at radius 3 is 2.78 bits per heavy atom. The fraction of sp³-hybridized carbons (Fsp3) is 0.308. The van der Waals surface area contributed by atoms with E-state index in [0.29, 0.717) is 12.6 Å². The molecule has 0 aliphatic rings. The first-order valence-corrected chi connectivity index (χ1v) is 5.83. The minimum Gasteiger partial charge on any atom is -0.508 e. The predicted octanol–water partition coefficient (Wildman–Crippen LogP) is 1.56. The van der Waals surface area contributed by atoms with Crippen molar-refractivity contribution in [3.05, 3.63) is 36.7 Å². The topological polar surface area (TPSA) is 59.3 Å². The normalized spacial score (nSPS) is 12.3. The van der Waals surface area contributed by atoms with Crippen molar-refractivity contribution in [2.24, 2.45) is 0 Å². The molecule has 0 amide bonds. The smallest absolute Gasteiger partial charge is 0.157 e. The zero-order chi connectivity index (χ0) is 13.0. The van der Waals surface area contributed by atoms with Gasteiger partial charge in [-0.25, -0.2) is 4.68 Å². The lowest BCUT2D eigenvalue weighted by Crippen LogP contribution is -2.28. The van der Waals surface area contributed by atoms with Crippen LogP contribution in [0.5, 0.6) is 11.5 Å². The van der Waals surface area contributed by atoms with Gasteiger partial charge in [-0.1, -0.05) is 0 Å². The van der Waals surface area contributed by atoms with Crippen molar-refractivity contribution in [1.29, 1.82) is 0 Å². The summed E-state index contributed by atoms with van der Waals surface area (Å²) < 4.78 is 7.30. The molecule has 5 heteroatoms. The van der Waals surface area contributed by atoms with E-state index in [1.54, 1.807) is 35.1 Å². The van der Waals surface area contributed by atoms with Gasteiger partial charge in [-0.2, -0.15) is 5.10 Å². The van der Waals surface area contributed by atoms with E-state index >= 15 is 0 Å². The highest BCUT2D eigenvalue weighted by molar-refractivity contribution is 5.37. The van der Waals surface area contributed by atoms with E-state index in [0.717, 1.165) is 11.4 Å². The summed E-state index contributed by atoms with van der Waals surface area (Å²) in [5.74, 6) is 0.968. The van der Waals surface area contributed by atoms with Gasteiger partial charge in [0, 0.05) is 6.04 Å². The van der Waals surface area contributed by atoms with E-state index in [-0.39, 0.29) is 5.75 Å². The molecule has 0 fully saturated rings. The van der Waals surface area contributed by atoms with E-state index in [1.807, 2.05) is 20.2 Å². The minimum atomic E-state index is 0.241. The van der Waals surface area contributed by atoms with E-state index in [4.69, 9.17) is 4.74 Å². The second-order valence-corrected chi connectivity index (χ2v) is 4.14. The van der Waals surface area contributed by atoms with Crippen molar-refractivity contribution in [3.63, 3.8) is 0 Å². The van der Waals surface area contributed by atoms with Gasteiger partial charge in [-0.05, 0) is 38.2 Å². The largest absolute Gasteiger partial charge is 0.508 e. The maximum absolute atomic E-state index is 9.22. The van der Waals surface area contributed by atoms with Crippen LogP contribution >= 0.6 is 0 Å². The van der Waals surface area contributed by atoms with Gasteiger partial charge in [0.25, 0.3) is 0 Å². The van der Waals surface area contributed by atoms with Gasteiger partial charge in [-0.15, -0.1) is 0 Å². The van der Waals surface area contributed by atoms with Crippen LogP contribution in [0.2, 0.25) is 0 Å². The predicted molar refractivity (Wildman–Crippen MR) is 69.2 cm³/mol. The molecule has 0 saturated heterocycles. The van der Waals surface area contributed by atoms with Gasteiger partial charge in [-0.3, -0.25) is 0 Å². The van der Waals surface area contributed by atoms with Crippen molar-refractivity contribution in [3.8, 4) is 17.2 Å². The summed E-state index contributed by atoms with van der Waals surface area (Å²) in [4.78, 5) is 0. The number of benzene rings is 1. The summed E-state index contributed by atoms with van der Waals surface area (Å²) >= 11 is 0. The third kappa shape index (κ3) is 3.01. The number of nitrogens with one attached hydrogen (secondary N) is 1. The first kappa shape index (κ1) is 12.4. The van der Waals surface area contributed by atoms with Crippen LogP contribution in [-0.2, 0) is 0 Å². The Labute approximate surface area is 106 Å². The Morgan fingerprint density at radius 1 is 1.39 bits per heavy atom. The fourth-order valence-corrected chi connectivity index (χ4v) is 1.43. The zero-order valence-corrected chi connectivity index (χ0v) is 10.5. The lowest BCUT2D eigenvalue weighted by atomic mass is 10.3. The van der Waals surface area contributed by atoms with Crippen LogP contribution in [0.25, 0.3) is 5.69 Å². The molecule has 1 atom stereocenters. The summed E-state index contributed by atoms with van der Waals surface area (Å²) in [5, 5.41) is 16.5. The highest BCUT2D eigenvalue weighted by Crippen LogP contribution is 2.16. The molecule has 2 aromatic rings. The van der Waals surface area contributed by atoms with Crippen LogP contribution in [0.3, 0.4) is 0 Å². The monoisotopic (exact) mass is 247 g/mol. The first-order chi connectivity index (χ1) is 8.69. The molecule has 18 heavy (non-hydrogen) atoms. The molecule has 1 unspecified atom stereocenters. The Hall–Kier alpha value is -2.01. The number of nitrogens with zero attached hydrogens (tertiary/aromatic N) is 2. The van der Waals surface area contributed by atoms with Crippen LogP contribution in [0.1, 0.15) is 6.92 Å². The van der Waals surface area contributed by atoms with E-state index in [1.165, 1.54) is 0 Å². The Balaban J connectivity index is 2.03. The molecule has 0 bridgehead atoms. The Bertz CT molecular complexity index is 493. The molecule has 1 aromatic heterocycles. The molecular weight excluding hydrogens is 230 g/mol. The number of ether oxygens (including phenoxy) is 1. The van der Waals surface area contributed by atoms with Crippen molar-refractivity contribution in [2.45, 2.75) is 13.0 Å². The molecule has 2 N–H and O–H groups in total. The summed E-state index contributed by atoms with van der Waals surface area (Å²) in [6, 6.07) is 7.13. The van der Waals surface area contributed by atoms with Crippen LogP contribution in [0, 0.1) is 0 Å². The van der Waals surface area contributed by atoms with Gasteiger partial charge in [0.15, 0.2) is 5.75 Å². The lowest BCUT2D eigenvalue weighted by molar-refractivity contribution is 0.280. The molecule has 96 valence electrons. The van der Waals surface area contributed by atoms with Crippen LogP contribution in [-0.4, -0.2) is 34.6 Å². The fourth-order valence-electron chi connectivity index (χ4n) is 1.43. The number of aromatic nitrogens is 2. The number of hydrogen-bond donors (Lipinski definition) is 2. The second-order valence-electron chi connectivity index (χ2n) is 4.14. The van der Waals surface area contributed by atoms with E-state index in [9.17, 15) is 5.11 Å². The zero-order valence-electron chi connectivity index (χ0n) is 10.5. The summed E-state index contributed by atoms with van der Waals surface area (Å²) in [5.41, 5.74) is 0.879. The highest BCUT2D eigenvalue weighted by Gasteiger charge is 2.04. The van der Waals surface area contributed by atoms with Crippen LogP contribution in [0.4, 0.5) is 0 Å². The van der Waals surface area contributed by atoms with Gasteiger partial charge in [0.05, 0.1) is 18.1 Å². The quantitative estimate of drug-likeness (QED) is 0.842. The molecule has 2 rings (SSSR count). The van der Waals surface area contributed by atoms with E-state index < -0.39 is 0 Å². The molecule has 0 saturated carbocycles. The molecule has 5 nitrogen and oxygen atoms in total. The van der Waals surface area contributed by atoms with Crippen molar-refractivity contribution >= 4 is 0 Å². The molecule has 0 aliphatic carbocycles. The average molecular weight is 247 g/mol. The standard InChI is InChI=1S/C13H17N3O2/c1-10(14-2)9-18-13-7-15-16(8-13)11-3-5-12(17)6-4-11/h3-8,10,14,17H,9H2,1-2H3. The second kappa shape index (κ2) is 5.55. The number of likely N-dealkylation sites (N-methyl/N-ethyl adjacent to an activating group) is 1. The maximum atomic E-state index is 9.22. The minimum absolute atomic E-state index is 0.241. The number of rotatable bonds is 5. The average Bonchev–Trinajstić information content (AvgIpc) is 2.85. The summed E-state index contributed by atoms with van der Waals surface area (Å²) in [7, 11) is 1.90. The van der Waals surface area contributed by atoms with Gasteiger partial charge < -0.3 is 15.2 Å². The highest BCUT2D eigenvalue weighted by atomic mass is 16.5. The summed E-state index contributed by atoms with van der Waals surface area (Å²) in [6.07, 6.45) is 3.49. The van der Waals surface area contributed by atoms with Crippen molar-refractivity contribution < 1.29 is 9.84 Å².